The Morgan fingerprint density at radius 2 is 1.62 bits per heavy atom. The summed E-state index contributed by atoms with van der Waals surface area (Å²) in [5, 5.41) is 28.4. The maximum absolute atomic E-state index is 13.5. The van der Waals surface area contributed by atoms with E-state index in [9.17, 15) is 39.0 Å². The van der Waals surface area contributed by atoms with Crippen molar-refractivity contribution in [1.29, 1.82) is 0 Å². The number of likely N-dealkylation sites (tertiary alicyclic amines) is 1. The van der Waals surface area contributed by atoms with Crippen LogP contribution in [0.25, 0.3) is 5.69 Å². The van der Waals surface area contributed by atoms with E-state index in [0.29, 0.717) is 25.1 Å². The van der Waals surface area contributed by atoms with E-state index in [4.69, 9.17) is 4.74 Å². The van der Waals surface area contributed by atoms with Gasteiger partial charge >= 0.3 is 12.1 Å². The molecule has 0 unspecified atom stereocenters. The molecule has 3 aliphatic rings. The first-order chi connectivity index (χ1) is 22.5. The number of nitrogens with zero attached hydrogens (tertiary/aromatic N) is 5. The van der Waals surface area contributed by atoms with Gasteiger partial charge < -0.3 is 40.3 Å². The molecule has 3 fully saturated rings. The fraction of sp³-hybridized carbons (Fsp3) is 0.516. The van der Waals surface area contributed by atoms with Gasteiger partial charge in [-0.2, -0.15) is 5.10 Å². The number of piperazine rings is 1. The number of aliphatic carboxylic acids is 1. The number of nitrogens with one attached hydrogen (secondary N) is 2. The quantitative estimate of drug-likeness (QED) is 0.252. The molecule has 5 amide bonds. The summed E-state index contributed by atoms with van der Waals surface area (Å²) in [6.45, 7) is 2.34. The van der Waals surface area contributed by atoms with E-state index in [2.05, 4.69) is 15.7 Å². The van der Waals surface area contributed by atoms with Gasteiger partial charge in [0.05, 0.1) is 5.69 Å². The Hall–Kier alpha value is -5.15. The molecule has 2 aliphatic heterocycles. The van der Waals surface area contributed by atoms with Crippen LogP contribution in [-0.2, 0) is 19.2 Å². The zero-order chi connectivity index (χ0) is 33.7. The van der Waals surface area contributed by atoms with Crippen LogP contribution in [0.1, 0.15) is 55.9 Å². The molecule has 4 N–H and O–H groups in total. The minimum atomic E-state index is -1.21. The number of carbonyl (C=O) groups is 6. The number of ether oxygens (including phenoxy) is 1. The molecule has 1 aromatic heterocycles. The van der Waals surface area contributed by atoms with Gasteiger partial charge in [-0.25, -0.2) is 9.48 Å². The van der Waals surface area contributed by atoms with Crippen LogP contribution in [0.2, 0.25) is 0 Å². The van der Waals surface area contributed by atoms with Crippen molar-refractivity contribution >= 4 is 35.7 Å². The Kier molecular flexibility index (Phi) is 10.3. The Bertz CT molecular complexity index is 1500. The van der Waals surface area contributed by atoms with Crippen LogP contribution in [0.5, 0.6) is 5.88 Å². The highest BCUT2D eigenvalue weighted by atomic mass is 16.5. The molecule has 0 spiro atoms. The lowest BCUT2D eigenvalue weighted by molar-refractivity contribution is -0.143. The predicted molar refractivity (Wildman–Crippen MR) is 164 cm³/mol. The Labute approximate surface area is 270 Å². The zero-order valence-corrected chi connectivity index (χ0v) is 26.0. The number of rotatable bonds is 12. The average Bonchev–Trinajstić information content (AvgIpc) is 3.56. The number of benzene rings is 1. The zero-order valence-electron chi connectivity index (χ0n) is 26.0. The summed E-state index contributed by atoms with van der Waals surface area (Å²) < 4.78 is 7.42. The van der Waals surface area contributed by atoms with Crippen LogP contribution in [0.4, 0.5) is 4.79 Å². The highest BCUT2D eigenvalue weighted by molar-refractivity contribution is 5.96. The molecule has 1 aromatic carbocycles. The summed E-state index contributed by atoms with van der Waals surface area (Å²) in [5.41, 5.74) is 0.383. The maximum atomic E-state index is 13.5. The second-order valence-electron chi connectivity index (χ2n) is 11.9. The number of carboxylic acids is 1. The van der Waals surface area contributed by atoms with Gasteiger partial charge in [0.2, 0.25) is 17.7 Å². The smallest absolute Gasteiger partial charge is 0.407 e. The van der Waals surface area contributed by atoms with Crippen molar-refractivity contribution in [1.82, 2.24) is 35.1 Å². The monoisotopic (exact) mass is 653 g/mol. The van der Waals surface area contributed by atoms with Gasteiger partial charge in [-0.15, -0.1) is 0 Å². The van der Waals surface area contributed by atoms with Crippen molar-refractivity contribution in [2.75, 3.05) is 32.7 Å². The van der Waals surface area contributed by atoms with E-state index >= 15 is 0 Å². The number of hydrogen-bond acceptors (Lipinski definition) is 8. The molecule has 3 heterocycles. The molecule has 1 aliphatic carbocycles. The lowest BCUT2D eigenvalue weighted by Crippen LogP contribution is -2.55. The number of hydrogen-bond donors (Lipinski definition) is 4. The summed E-state index contributed by atoms with van der Waals surface area (Å²) in [4.78, 5) is 79.8. The third-order valence-corrected chi connectivity index (χ3v) is 8.43. The van der Waals surface area contributed by atoms with Crippen LogP contribution < -0.4 is 15.4 Å². The van der Waals surface area contributed by atoms with E-state index in [0.717, 1.165) is 12.8 Å². The molecule has 2 saturated heterocycles. The number of carbonyl (C=O) groups excluding carboxylic acids is 4. The predicted octanol–water partition coefficient (Wildman–Crippen LogP) is 0.695. The fourth-order valence-electron chi connectivity index (χ4n) is 5.70. The summed E-state index contributed by atoms with van der Waals surface area (Å²) in [5.74, 6) is -2.94. The maximum Gasteiger partial charge on any atom is 0.407 e. The first-order valence-electron chi connectivity index (χ1n) is 15.7. The molecule has 0 radical (unpaired) electrons. The van der Waals surface area contributed by atoms with Gasteiger partial charge in [-0.05, 0) is 51.2 Å². The summed E-state index contributed by atoms with van der Waals surface area (Å²) >= 11 is 0. The van der Waals surface area contributed by atoms with E-state index in [1.807, 2.05) is 0 Å². The molecule has 16 heteroatoms. The van der Waals surface area contributed by atoms with E-state index in [-0.39, 0.29) is 62.0 Å². The molecule has 2 aromatic rings. The SMILES string of the molecule is C[C@H](Oc1cc(C(=O)N[C@@H](CCC(=O)O)C(=O)N2CCN(C(=O)O)CC2)nn1-c1ccccc1)C(=O)N1CCC[C@H]1C(=O)NC1CC1. The highest BCUT2D eigenvalue weighted by Crippen LogP contribution is 2.25. The van der Waals surface area contributed by atoms with Gasteiger partial charge in [-0.3, -0.25) is 24.0 Å². The number of carboxylic acid groups (broad SMARTS) is 2. The Morgan fingerprint density at radius 3 is 2.26 bits per heavy atom. The molecular formula is C31H39N7O9. The second kappa shape index (κ2) is 14.5. The van der Waals surface area contributed by atoms with E-state index < -0.39 is 48.5 Å². The topological polar surface area (TPSA) is 204 Å². The van der Waals surface area contributed by atoms with E-state index in [1.54, 1.807) is 37.3 Å². The first-order valence-corrected chi connectivity index (χ1v) is 15.7. The number of aromatic nitrogens is 2. The van der Waals surface area contributed by atoms with Crippen LogP contribution in [0, 0.1) is 0 Å². The molecule has 252 valence electrons. The van der Waals surface area contributed by atoms with Gasteiger partial charge in [-0.1, -0.05) is 18.2 Å². The van der Waals surface area contributed by atoms with Gasteiger partial charge in [0.15, 0.2) is 11.8 Å². The minimum absolute atomic E-state index is 0.0681. The Morgan fingerprint density at radius 1 is 0.936 bits per heavy atom. The standard InChI is InChI=1S/C31H39N7O9/c1-19(29(43)37-13-5-8-24(37)28(42)32-20-9-10-20)47-25-18-23(34-38(25)21-6-3-2-4-7-21)27(41)33-22(11-12-26(39)40)30(44)35-14-16-36(17-15-35)31(45)46/h2-4,6-7,18-20,22,24H,5,8-17H2,1H3,(H,32,42)(H,33,41)(H,39,40)(H,45,46)/t19-,22-,24-/m0/s1. The summed E-state index contributed by atoms with van der Waals surface area (Å²) in [6.07, 6.45) is 0.384. The minimum Gasteiger partial charge on any atom is -0.481 e. The van der Waals surface area contributed by atoms with Crippen molar-refractivity contribution in [3.8, 4) is 11.6 Å². The van der Waals surface area contributed by atoms with Crippen LogP contribution >= 0.6 is 0 Å². The fourth-order valence-corrected chi connectivity index (χ4v) is 5.70. The number of amides is 5. The molecular weight excluding hydrogens is 614 g/mol. The highest BCUT2D eigenvalue weighted by Gasteiger charge is 2.39. The second-order valence-corrected chi connectivity index (χ2v) is 11.9. The van der Waals surface area contributed by atoms with Crippen LogP contribution in [-0.4, -0.2) is 127 Å². The summed E-state index contributed by atoms with van der Waals surface area (Å²) in [7, 11) is 0. The van der Waals surface area contributed by atoms with E-state index in [1.165, 1.54) is 25.4 Å². The lowest BCUT2D eigenvalue weighted by atomic mass is 10.1. The lowest BCUT2D eigenvalue weighted by Gasteiger charge is -2.35. The van der Waals surface area contributed by atoms with Crippen molar-refractivity contribution in [2.24, 2.45) is 0 Å². The van der Waals surface area contributed by atoms with Crippen molar-refractivity contribution < 1.29 is 43.7 Å². The van der Waals surface area contributed by atoms with Crippen LogP contribution in [0.3, 0.4) is 0 Å². The first kappa shape index (κ1) is 33.2. The number of para-hydroxylation sites is 1. The van der Waals surface area contributed by atoms with Crippen LogP contribution in [0.15, 0.2) is 36.4 Å². The van der Waals surface area contributed by atoms with Gasteiger partial charge in [0, 0.05) is 51.3 Å². The van der Waals surface area contributed by atoms with Crippen molar-refractivity contribution in [3.63, 3.8) is 0 Å². The average molecular weight is 654 g/mol. The molecule has 47 heavy (non-hydrogen) atoms. The third kappa shape index (κ3) is 8.17. The molecule has 5 rings (SSSR count). The summed E-state index contributed by atoms with van der Waals surface area (Å²) in [6, 6.07) is 8.46. The molecule has 1 saturated carbocycles. The molecule has 3 atom stereocenters. The third-order valence-electron chi connectivity index (χ3n) is 8.43. The van der Waals surface area contributed by atoms with Gasteiger partial charge in [0.25, 0.3) is 11.8 Å². The largest absolute Gasteiger partial charge is 0.481 e. The normalized spacial score (nSPS) is 19.1. The Balaban J connectivity index is 1.32. The van der Waals surface area contributed by atoms with Crippen molar-refractivity contribution in [2.45, 2.75) is 69.7 Å². The van der Waals surface area contributed by atoms with Gasteiger partial charge in [0.1, 0.15) is 12.1 Å². The molecule has 16 nitrogen and oxygen atoms in total. The van der Waals surface area contributed by atoms with Crippen molar-refractivity contribution in [3.05, 3.63) is 42.1 Å². The molecule has 0 bridgehead atoms.